The summed E-state index contributed by atoms with van der Waals surface area (Å²) in [5.41, 5.74) is 1.05. The second-order valence-corrected chi connectivity index (χ2v) is 10.0. The molecule has 0 aliphatic heterocycles. The van der Waals surface area contributed by atoms with Crippen LogP contribution in [-0.4, -0.2) is 59.0 Å². The van der Waals surface area contributed by atoms with Gasteiger partial charge in [-0.05, 0) is 61.0 Å². The van der Waals surface area contributed by atoms with Crippen LogP contribution in [-0.2, 0) is 26.2 Å². The summed E-state index contributed by atoms with van der Waals surface area (Å²) in [5, 5.41) is 2.56. The Morgan fingerprint density at radius 2 is 1.54 bits per heavy atom. The minimum Gasteiger partial charge on any atom is -0.497 e. The molecule has 10 heteroatoms. The first-order valence-electron chi connectivity index (χ1n) is 11.6. The van der Waals surface area contributed by atoms with E-state index in [0.717, 1.165) is 9.87 Å². The quantitative estimate of drug-likeness (QED) is 0.413. The molecule has 0 saturated heterocycles. The zero-order valence-corrected chi connectivity index (χ0v) is 22.1. The third kappa shape index (κ3) is 6.59. The van der Waals surface area contributed by atoms with Crippen molar-refractivity contribution in [3.05, 3.63) is 84.4 Å². The van der Waals surface area contributed by atoms with Crippen LogP contribution in [0.5, 0.6) is 11.5 Å². The third-order valence-electron chi connectivity index (χ3n) is 5.87. The first-order valence-corrected chi connectivity index (χ1v) is 13.0. The molecule has 196 valence electrons. The normalized spacial score (nSPS) is 11.8. The molecule has 0 radical (unpaired) electrons. The van der Waals surface area contributed by atoms with Crippen LogP contribution >= 0.6 is 0 Å². The predicted octanol–water partition coefficient (Wildman–Crippen LogP) is 3.06. The molecule has 0 heterocycles. The lowest BCUT2D eigenvalue weighted by atomic mass is 10.1. The van der Waals surface area contributed by atoms with Gasteiger partial charge in [0.1, 0.15) is 24.1 Å². The van der Waals surface area contributed by atoms with Crippen LogP contribution in [0.3, 0.4) is 0 Å². The van der Waals surface area contributed by atoms with Crippen LogP contribution in [0.2, 0.25) is 0 Å². The maximum Gasteiger partial charge on any atom is 0.264 e. The van der Waals surface area contributed by atoms with Crippen LogP contribution < -0.4 is 19.1 Å². The minimum absolute atomic E-state index is 0.00338. The fraction of sp³-hybridized carbons (Fsp3) is 0.259. The number of likely N-dealkylation sites (N-methyl/N-ethyl adjacent to an activating group) is 1. The molecule has 1 unspecified atom stereocenters. The topological polar surface area (TPSA) is 105 Å². The Balaban J connectivity index is 2.00. The van der Waals surface area contributed by atoms with Crippen molar-refractivity contribution in [1.82, 2.24) is 10.2 Å². The Morgan fingerprint density at radius 1 is 0.892 bits per heavy atom. The summed E-state index contributed by atoms with van der Waals surface area (Å²) in [7, 11) is 0.378. The number of carbonyl (C=O) groups excluding carboxylic acids is 2. The van der Waals surface area contributed by atoms with E-state index in [1.165, 1.54) is 38.3 Å². The van der Waals surface area contributed by atoms with Crippen LogP contribution in [0.1, 0.15) is 12.5 Å². The van der Waals surface area contributed by atoms with Crippen molar-refractivity contribution in [2.24, 2.45) is 0 Å². The van der Waals surface area contributed by atoms with Crippen molar-refractivity contribution >= 4 is 27.5 Å². The smallest absolute Gasteiger partial charge is 0.264 e. The van der Waals surface area contributed by atoms with E-state index in [1.54, 1.807) is 67.6 Å². The lowest BCUT2D eigenvalue weighted by Gasteiger charge is -2.31. The van der Waals surface area contributed by atoms with E-state index in [2.05, 4.69) is 5.32 Å². The highest BCUT2D eigenvalue weighted by Gasteiger charge is 2.32. The second-order valence-electron chi connectivity index (χ2n) is 8.19. The molecule has 0 saturated carbocycles. The van der Waals surface area contributed by atoms with Gasteiger partial charge in [-0.1, -0.05) is 30.3 Å². The van der Waals surface area contributed by atoms with Gasteiger partial charge >= 0.3 is 0 Å². The number of anilines is 1. The SMILES string of the molecule is CNC(=O)C(C)N(Cc1cccc(OC)c1)C(=O)CN(c1ccccc1)S(=O)(=O)c1ccc(OC)cc1. The van der Waals surface area contributed by atoms with Gasteiger partial charge in [0.15, 0.2) is 0 Å². The summed E-state index contributed by atoms with van der Waals surface area (Å²) >= 11 is 0. The third-order valence-corrected chi connectivity index (χ3v) is 7.66. The monoisotopic (exact) mass is 525 g/mol. The number of carbonyl (C=O) groups is 2. The first kappa shape index (κ1) is 27.5. The summed E-state index contributed by atoms with van der Waals surface area (Å²) in [5.74, 6) is 0.191. The molecule has 0 fully saturated rings. The number of nitrogens with one attached hydrogen (secondary N) is 1. The van der Waals surface area contributed by atoms with E-state index in [9.17, 15) is 18.0 Å². The van der Waals surface area contributed by atoms with E-state index in [0.29, 0.717) is 17.2 Å². The van der Waals surface area contributed by atoms with Gasteiger partial charge in [0.2, 0.25) is 11.8 Å². The second kappa shape index (κ2) is 12.3. The molecule has 0 aliphatic rings. The molecule has 0 bridgehead atoms. The fourth-order valence-corrected chi connectivity index (χ4v) is 5.17. The van der Waals surface area contributed by atoms with E-state index < -0.39 is 28.5 Å². The number of rotatable bonds is 11. The summed E-state index contributed by atoms with van der Waals surface area (Å²) in [6.45, 7) is 1.17. The van der Waals surface area contributed by atoms with Gasteiger partial charge in [0.05, 0.1) is 24.8 Å². The van der Waals surface area contributed by atoms with Crippen LogP contribution in [0.25, 0.3) is 0 Å². The van der Waals surface area contributed by atoms with E-state index in [1.807, 2.05) is 6.07 Å². The largest absolute Gasteiger partial charge is 0.497 e. The number of methoxy groups -OCH3 is 2. The van der Waals surface area contributed by atoms with Crippen molar-refractivity contribution in [2.75, 3.05) is 32.1 Å². The van der Waals surface area contributed by atoms with Crippen molar-refractivity contribution in [3.8, 4) is 11.5 Å². The molecule has 3 aromatic carbocycles. The summed E-state index contributed by atoms with van der Waals surface area (Å²) in [4.78, 5) is 27.6. The van der Waals surface area contributed by atoms with Crippen LogP contribution in [0.15, 0.2) is 83.8 Å². The highest BCUT2D eigenvalue weighted by molar-refractivity contribution is 7.92. The number of nitrogens with zero attached hydrogens (tertiary/aromatic N) is 2. The summed E-state index contributed by atoms with van der Waals surface area (Å²) in [6.07, 6.45) is 0. The fourth-order valence-electron chi connectivity index (χ4n) is 3.76. The lowest BCUT2D eigenvalue weighted by molar-refractivity contribution is -0.139. The standard InChI is InChI=1S/C27H31N3O6S/c1-20(27(32)28-2)29(18-21-9-8-12-24(17-21)36-4)26(31)19-30(22-10-6-5-7-11-22)37(33,34)25-15-13-23(35-3)14-16-25/h5-17,20H,18-19H2,1-4H3,(H,28,32). The van der Waals surface area contributed by atoms with E-state index in [4.69, 9.17) is 9.47 Å². The molecule has 0 spiro atoms. The molecule has 37 heavy (non-hydrogen) atoms. The molecule has 3 rings (SSSR count). The minimum atomic E-state index is -4.13. The summed E-state index contributed by atoms with van der Waals surface area (Å²) < 4.78 is 38.9. The van der Waals surface area contributed by atoms with Crippen LogP contribution in [0, 0.1) is 0 Å². The maximum absolute atomic E-state index is 13.7. The van der Waals surface area contributed by atoms with Gasteiger partial charge in [0.25, 0.3) is 10.0 Å². The van der Waals surface area contributed by atoms with Crippen molar-refractivity contribution in [3.63, 3.8) is 0 Å². The van der Waals surface area contributed by atoms with Gasteiger partial charge in [-0.15, -0.1) is 0 Å². The predicted molar refractivity (Wildman–Crippen MR) is 141 cm³/mol. The molecule has 9 nitrogen and oxygen atoms in total. The molecule has 3 aromatic rings. The number of hydrogen-bond donors (Lipinski definition) is 1. The molecular weight excluding hydrogens is 494 g/mol. The highest BCUT2D eigenvalue weighted by Crippen LogP contribution is 2.26. The van der Waals surface area contributed by atoms with Gasteiger partial charge in [-0.25, -0.2) is 8.42 Å². The summed E-state index contributed by atoms with van der Waals surface area (Å²) in [6, 6.07) is 20.6. The zero-order chi connectivity index (χ0) is 27.0. The number of sulfonamides is 1. The average molecular weight is 526 g/mol. The average Bonchev–Trinajstić information content (AvgIpc) is 2.94. The maximum atomic E-state index is 13.7. The van der Waals surface area contributed by atoms with E-state index >= 15 is 0 Å². The Kier molecular flexibility index (Phi) is 9.13. The number of para-hydroxylation sites is 1. The van der Waals surface area contributed by atoms with Gasteiger partial charge in [-0.2, -0.15) is 0 Å². The zero-order valence-electron chi connectivity index (χ0n) is 21.2. The lowest BCUT2D eigenvalue weighted by Crippen LogP contribution is -2.50. The van der Waals surface area contributed by atoms with Crippen LogP contribution in [0.4, 0.5) is 5.69 Å². The molecule has 0 aliphatic carbocycles. The number of ether oxygens (including phenoxy) is 2. The Labute approximate surface area is 217 Å². The van der Waals surface area contributed by atoms with Gasteiger partial charge < -0.3 is 19.7 Å². The Hall–Kier alpha value is -4.05. The van der Waals surface area contributed by atoms with Crippen molar-refractivity contribution in [1.29, 1.82) is 0 Å². The molecule has 0 aromatic heterocycles. The Bertz CT molecular complexity index is 1310. The molecule has 2 amide bonds. The number of hydrogen-bond acceptors (Lipinski definition) is 6. The Morgan fingerprint density at radius 3 is 2.14 bits per heavy atom. The number of benzene rings is 3. The van der Waals surface area contributed by atoms with Gasteiger partial charge in [-0.3, -0.25) is 13.9 Å². The van der Waals surface area contributed by atoms with Crippen molar-refractivity contribution in [2.45, 2.75) is 24.4 Å². The number of amides is 2. The first-order chi connectivity index (χ1) is 17.7. The molecular formula is C27H31N3O6S. The van der Waals surface area contributed by atoms with E-state index in [-0.39, 0.29) is 17.3 Å². The molecule has 1 N–H and O–H groups in total. The van der Waals surface area contributed by atoms with Crippen molar-refractivity contribution < 1.29 is 27.5 Å². The molecule has 1 atom stereocenters. The highest BCUT2D eigenvalue weighted by atomic mass is 32.2. The van der Waals surface area contributed by atoms with Gasteiger partial charge in [0, 0.05) is 13.6 Å².